The Balaban J connectivity index is 1.75. The summed E-state index contributed by atoms with van der Waals surface area (Å²) in [5.74, 6) is 2.58. The van der Waals surface area contributed by atoms with Gasteiger partial charge in [0.15, 0.2) is 11.5 Å². The number of aryl methyl sites for hydroxylation is 1. The molecule has 0 bridgehead atoms. The number of aromatic nitrogens is 1. The third-order valence-electron chi connectivity index (χ3n) is 7.64. The fourth-order valence-electron chi connectivity index (χ4n) is 6.28. The Morgan fingerprint density at radius 3 is 2.42 bits per heavy atom. The van der Waals surface area contributed by atoms with Crippen molar-refractivity contribution in [3.05, 3.63) is 63.9 Å². The molecule has 33 heavy (non-hydrogen) atoms. The van der Waals surface area contributed by atoms with Crippen molar-refractivity contribution in [3.8, 4) is 17.2 Å². The van der Waals surface area contributed by atoms with Gasteiger partial charge in [-0.3, -0.25) is 4.79 Å². The molecule has 1 saturated carbocycles. The summed E-state index contributed by atoms with van der Waals surface area (Å²) in [4.78, 5) is 13.7. The Morgan fingerprint density at radius 2 is 1.73 bits per heavy atom. The molecule has 4 atom stereocenters. The molecule has 2 heterocycles. The van der Waals surface area contributed by atoms with E-state index in [4.69, 9.17) is 18.9 Å². The van der Waals surface area contributed by atoms with Gasteiger partial charge in [-0.15, -0.1) is 0 Å². The second-order valence-corrected chi connectivity index (χ2v) is 9.64. The number of pyridine rings is 1. The topological polar surface area (TPSA) is 58.9 Å². The molecule has 5 rings (SSSR count). The van der Waals surface area contributed by atoms with Crippen LogP contribution < -0.4 is 19.8 Å². The van der Waals surface area contributed by atoms with Crippen LogP contribution in [-0.4, -0.2) is 38.1 Å². The third kappa shape index (κ3) is 3.07. The number of para-hydroxylation sites is 1. The summed E-state index contributed by atoms with van der Waals surface area (Å²) in [7, 11) is 6.86. The first kappa shape index (κ1) is 21.8. The van der Waals surface area contributed by atoms with Gasteiger partial charge in [0.25, 0.3) is 5.56 Å². The van der Waals surface area contributed by atoms with E-state index >= 15 is 0 Å². The van der Waals surface area contributed by atoms with Crippen LogP contribution in [0.2, 0.25) is 0 Å². The highest BCUT2D eigenvalue weighted by atomic mass is 16.5. The summed E-state index contributed by atoms with van der Waals surface area (Å²) in [5, 5.41) is 0.974. The molecule has 6 nitrogen and oxygen atoms in total. The van der Waals surface area contributed by atoms with Crippen molar-refractivity contribution in [2.45, 2.75) is 31.3 Å². The summed E-state index contributed by atoms with van der Waals surface area (Å²) in [6.45, 7) is 4.86. The van der Waals surface area contributed by atoms with Crippen molar-refractivity contribution in [2.24, 2.45) is 18.9 Å². The molecule has 1 aromatic heterocycles. The summed E-state index contributed by atoms with van der Waals surface area (Å²) < 4.78 is 25.1. The van der Waals surface area contributed by atoms with Gasteiger partial charge >= 0.3 is 0 Å². The van der Waals surface area contributed by atoms with Gasteiger partial charge in [-0.25, -0.2) is 0 Å². The van der Waals surface area contributed by atoms with Crippen molar-refractivity contribution < 1.29 is 18.9 Å². The van der Waals surface area contributed by atoms with E-state index in [2.05, 4.69) is 19.9 Å². The number of ether oxygens (including phenoxy) is 4. The lowest BCUT2D eigenvalue weighted by Crippen LogP contribution is -2.61. The number of rotatable bonds is 5. The smallest absolute Gasteiger partial charge is 0.258 e. The molecule has 1 fully saturated rings. The lowest BCUT2D eigenvalue weighted by atomic mass is 9.48. The Hall–Kier alpha value is -2.99. The van der Waals surface area contributed by atoms with Gasteiger partial charge in [0.2, 0.25) is 0 Å². The molecule has 6 heteroatoms. The molecule has 0 radical (unpaired) electrons. The standard InChI is InChI=1S/C27H31NO5/c1-27(2)24-17(14-30-4)21(15-11-12-19(31-5)20(13-15)32-6)22(24)23-25(33-27)16-9-7-8-10-18(16)28(3)26(23)29/h7-13,17,21-22,24H,14H2,1-6H3/t17-,21-,22+,24+/m1/s1. The largest absolute Gasteiger partial charge is 0.493 e. The Morgan fingerprint density at radius 1 is 1.00 bits per heavy atom. The summed E-state index contributed by atoms with van der Waals surface area (Å²) in [6.07, 6.45) is 0. The van der Waals surface area contributed by atoms with E-state index < -0.39 is 5.60 Å². The zero-order valence-corrected chi connectivity index (χ0v) is 20.0. The molecule has 0 amide bonds. The average molecular weight is 450 g/mol. The monoisotopic (exact) mass is 449 g/mol. The van der Waals surface area contributed by atoms with E-state index in [0.717, 1.165) is 27.8 Å². The van der Waals surface area contributed by atoms with Crippen molar-refractivity contribution in [1.29, 1.82) is 0 Å². The van der Waals surface area contributed by atoms with Gasteiger partial charge < -0.3 is 23.5 Å². The molecule has 0 N–H and O–H groups in total. The number of fused-ring (bicyclic) bond motifs is 5. The summed E-state index contributed by atoms with van der Waals surface area (Å²) in [6, 6.07) is 14.0. The second-order valence-electron chi connectivity index (χ2n) is 9.64. The lowest BCUT2D eigenvalue weighted by Gasteiger charge is -2.60. The maximum absolute atomic E-state index is 13.7. The van der Waals surface area contributed by atoms with E-state index in [1.165, 1.54) is 0 Å². The number of methoxy groups -OCH3 is 3. The van der Waals surface area contributed by atoms with E-state index in [-0.39, 0.29) is 29.2 Å². The highest BCUT2D eigenvalue weighted by molar-refractivity contribution is 5.87. The number of hydrogen-bond donors (Lipinski definition) is 0. The van der Waals surface area contributed by atoms with Crippen LogP contribution >= 0.6 is 0 Å². The molecule has 0 spiro atoms. The third-order valence-corrected chi connectivity index (χ3v) is 7.64. The van der Waals surface area contributed by atoms with Gasteiger partial charge in [0, 0.05) is 31.4 Å². The highest BCUT2D eigenvalue weighted by Crippen LogP contribution is 2.65. The maximum atomic E-state index is 13.7. The molecular formula is C27H31NO5. The zero-order chi connectivity index (χ0) is 23.5. The maximum Gasteiger partial charge on any atom is 0.258 e. The Labute approximate surface area is 194 Å². The van der Waals surface area contributed by atoms with Crippen LogP contribution in [0.4, 0.5) is 0 Å². The van der Waals surface area contributed by atoms with E-state index in [1.807, 2.05) is 43.4 Å². The van der Waals surface area contributed by atoms with Crippen molar-refractivity contribution in [2.75, 3.05) is 27.9 Å². The predicted molar refractivity (Wildman–Crippen MR) is 128 cm³/mol. The van der Waals surface area contributed by atoms with Crippen molar-refractivity contribution >= 4 is 10.9 Å². The Kier molecular flexibility index (Phi) is 5.16. The van der Waals surface area contributed by atoms with Gasteiger partial charge in [0.05, 0.1) is 31.9 Å². The first-order valence-electron chi connectivity index (χ1n) is 11.4. The first-order valence-corrected chi connectivity index (χ1v) is 11.4. The minimum Gasteiger partial charge on any atom is -0.493 e. The zero-order valence-electron chi connectivity index (χ0n) is 20.0. The predicted octanol–water partition coefficient (Wildman–Crippen LogP) is 4.49. The van der Waals surface area contributed by atoms with E-state index in [9.17, 15) is 4.79 Å². The van der Waals surface area contributed by atoms with Gasteiger partial charge in [-0.05, 0) is 55.5 Å². The molecular weight excluding hydrogens is 418 g/mol. The quantitative estimate of drug-likeness (QED) is 0.575. The van der Waals surface area contributed by atoms with Crippen LogP contribution in [0.1, 0.15) is 36.8 Å². The minimum absolute atomic E-state index is 0.00976. The van der Waals surface area contributed by atoms with Crippen LogP contribution in [0.25, 0.3) is 10.9 Å². The Bertz CT molecular complexity index is 1280. The normalized spacial score (nSPS) is 24.9. The summed E-state index contributed by atoms with van der Waals surface area (Å²) >= 11 is 0. The molecule has 0 unspecified atom stereocenters. The SMILES string of the molecule is COC[C@@H]1[C@@H](c2ccc(OC)c(OC)c2)[C@H]2c3c(c4ccccc4n(C)c3=O)OC(C)(C)[C@@H]12. The fraction of sp³-hybridized carbons (Fsp3) is 0.444. The van der Waals surface area contributed by atoms with Gasteiger partial charge in [0.1, 0.15) is 11.4 Å². The average Bonchev–Trinajstić information content (AvgIpc) is 2.80. The van der Waals surface area contributed by atoms with Gasteiger partial charge in [-0.2, -0.15) is 0 Å². The minimum atomic E-state index is -0.441. The molecule has 174 valence electrons. The van der Waals surface area contributed by atoms with Crippen LogP contribution in [0.5, 0.6) is 17.2 Å². The van der Waals surface area contributed by atoms with Crippen LogP contribution in [0.15, 0.2) is 47.3 Å². The molecule has 0 saturated heterocycles. The molecule has 1 aliphatic heterocycles. The van der Waals surface area contributed by atoms with Crippen molar-refractivity contribution in [3.63, 3.8) is 0 Å². The van der Waals surface area contributed by atoms with Crippen LogP contribution in [0.3, 0.4) is 0 Å². The summed E-state index contributed by atoms with van der Waals surface area (Å²) in [5.41, 5.74) is 2.34. The lowest BCUT2D eigenvalue weighted by molar-refractivity contribution is -0.109. The van der Waals surface area contributed by atoms with Crippen LogP contribution in [0, 0.1) is 11.8 Å². The fourth-order valence-corrected chi connectivity index (χ4v) is 6.28. The van der Waals surface area contributed by atoms with E-state index in [1.54, 1.807) is 25.9 Å². The van der Waals surface area contributed by atoms with Crippen molar-refractivity contribution in [1.82, 2.24) is 4.57 Å². The number of hydrogen-bond acceptors (Lipinski definition) is 5. The van der Waals surface area contributed by atoms with Gasteiger partial charge in [-0.1, -0.05) is 18.2 Å². The van der Waals surface area contributed by atoms with E-state index in [0.29, 0.717) is 18.1 Å². The molecule has 3 aromatic rings. The van der Waals surface area contributed by atoms with Crippen LogP contribution in [-0.2, 0) is 11.8 Å². The highest BCUT2D eigenvalue weighted by Gasteiger charge is 2.62. The molecule has 2 aliphatic rings. The number of nitrogens with zero attached hydrogens (tertiary/aromatic N) is 1. The molecule has 2 aromatic carbocycles. The first-order chi connectivity index (χ1) is 15.8. The second kappa shape index (κ2) is 7.80. The number of benzene rings is 2. The molecule has 1 aliphatic carbocycles.